The molecule has 2 atom stereocenters. The predicted octanol–water partition coefficient (Wildman–Crippen LogP) is 2.67. The van der Waals surface area contributed by atoms with Crippen LogP contribution in [0.1, 0.15) is 24.8 Å². The smallest absolute Gasteiger partial charge is 0.0462 e. The van der Waals surface area contributed by atoms with Crippen LogP contribution >= 0.6 is 0 Å². The zero-order chi connectivity index (χ0) is 13.1. The summed E-state index contributed by atoms with van der Waals surface area (Å²) < 4.78 is 0. The molecule has 1 fully saturated rings. The van der Waals surface area contributed by atoms with Gasteiger partial charge in [0, 0.05) is 24.9 Å². The monoisotopic (exact) mass is 258 g/mol. The lowest BCUT2D eigenvalue weighted by molar-refractivity contribution is 0.192. The van der Waals surface area contributed by atoms with Crippen LogP contribution in [-0.4, -0.2) is 23.2 Å². The third-order valence-electron chi connectivity index (χ3n) is 4.41. The molecule has 1 aliphatic rings. The van der Waals surface area contributed by atoms with Crippen LogP contribution < -0.4 is 5.32 Å². The minimum Gasteiger partial charge on any atom is -0.396 e. The van der Waals surface area contributed by atoms with Crippen LogP contribution in [0.2, 0.25) is 0 Å². The highest BCUT2D eigenvalue weighted by Gasteiger charge is 2.25. The molecule has 3 heteroatoms. The fraction of sp³-hybridized carbons (Fsp3) is 0.500. The third kappa shape index (κ3) is 2.82. The highest BCUT2D eigenvalue weighted by Crippen LogP contribution is 2.30. The summed E-state index contributed by atoms with van der Waals surface area (Å²) in [5, 5.41) is 14.1. The standard InChI is InChI=1S/C16H22N2O/c19-11-15-3-1-2-14(15)10-17-9-12-4-5-13-6-7-18-16(13)8-12/h4-8,14-15,17-19H,1-3,9-11H2. The Balaban J connectivity index is 1.54. The van der Waals surface area contributed by atoms with Gasteiger partial charge in [-0.15, -0.1) is 0 Å². The van der Waals surface area contributed by atoms with E-state index in [1.807, 2.05) is 6.20 Å². The molecule has 3 nitrogen and oxygen atoms in total. The Labute approximate surface area is 114 Å². The van der Waals surface area contributed by atoms with Gasteiger partial charge in [-0.3, -0.25) is 0 Å². The molecule has 0 aliphatic heterocycles. The van der Waals surface area contributed by atoms with Crippen molar-refractivity contribution in [2.45, 2.75) is 25.8 Å². The molecule has 1 saturated carbocycles. The molecule has 2 aromatic rings. The number of aliphatic hydroxyl groups excluding tert-OH is 1. The van der Waals surface area contributed by atoms with E-state index in [9.17, 15) is 5.11 Å². The van der Waals surface area contributed by atoms with Crippen LogP contribution in [0.25, 0.3) is 10.9 Å². The average Bonchev–Trinajstić information content (AvgIpc) is 3.06. The molecule has 19 heavy (non-hydrogen) atoms. The quantitative estimate of drug-likeness (QED) is 0.772. The van der Waals surface area contributed by atoms with E-state index in [1.165, 1.54) is 35.7 Å². The number of aliphatic hydroxyl groups is 1. The Morgan fingerprint density at radius 3 is 3.00 bits per heavy atom. The highest BCUT2D eigenvalue weighted by molar-refractivity contribution is 5.79. The number of aromatic nitrogens is 1. The molecule has 3 N–H and O–H groups in total. The van der Waals surface area contributed by atoms with Crippen molar-refractivity contribution in [1.29, 1.82) is 0 Å². The molecule has 0 spiro atoms. The average molecular weight is 258 g/mol. The molecule has 0 radical (unpaired) electrons. The Kier molecular flexibility index (Phi) is 3.85. The van der Waals surface area contributed by atoms with Crippen molar-refractivity contribution >= 4 is 10.9 Å². The number of hydrogen-bond acceptors (Lipinski definition) is 2. The van der Waals surface area contributed by atoms with Crippen molar-refractivity contribution in [2.24, 2.45) is 11.8 Å². The molecule has 3 rings (SSSR count). The number of benzene rings is 1. The van der Waals surface area contributed by atoms with Gasteiger partial charge in [0.2, 0.25) is 0 Å². The van der Waals surface area contributed by atoms with Gasteiger partial charge in [0.25, 0.3) is 0 Å². The van der Waals surface area contributed by atoms with Crippen molar-refractivity contribution in [1.82, 2.24) is 10.3 Å². The van der Waals surface area contributed by atoms with Crippen molar-refractivity contribution in [3.63, 3.8) is 0 Å². The topological polar surface area (TPSA) is 48.0 Å². The third-order valence-corrected chi connectivity index (χ3v) is 4.41. The number of nitrogens with one attached hydrogen (secondary N) is 2. The van der Waals surface area contributed by atoms with Crippen molar-refractivity contribution in [3.8, 4) is 0 Å². The molecule has 1 heterocycles. The van der Waals surface area contributed by atoms with E-state index in [2.05, 4.69) is 34.6 Å². The second kappa shape index (κ2) is 5.76. The molecule has 0 amide bonds. The first-order valence-electron chi connectivity index (χ1n) is 7.24. The molecule has 1 aromatic heterocycles. The van der Waals surface area contributed by atoms with Gasteiger partial charge in [-0.05, 0) is 54.3 Å². The SMILES string of the molecule is OCC1CCCC1CNCc1ccc2cc[nH]c2c1. The number of fused-ring (bicyclic) bond motifs is 1. The molecule has 1 aliphatic carbocycles. The van der Waals surface area contributed by atoms with Crippen LogP contribution in [0.3, 0.4) is 0 Å². The Morgan fingerprint density at radius 1 is 1.21 bits per heavy atom. The van der Waals surface area contributed by atoms with E-state index in [0.29, 0.717) is 18.4 Å². The molecular weight excluding hydrogens is 236 g/mol. The van der Waals surface area contributed by atoms with Crippen LogP contribution in [0, 0.1) is 11.8 Å². The number of H-pyrrole nitrogens is 1. The van der Waals surface area contributed by atoms with Gasteiger partial charge in [0.15, 0.2) is 0 Å². The molecule has 1 aromatic carbocycles. The van der Waals surface area contributed by atoms with Gasteiger partial charge in [-0.25, -0.2) is 0 Å². The van der Waals surface area contributed by atoms with Gasteiger partial charge in [-0.1, -0.05) is 18.6 Å². The molecular formula is C16H22N2O. The van der Waals surface area contributed by atoms with E-state index >= 15 is 0 Å². The van der Waals surface area contributed by atoms with Gasteiger partial charge in [-0.2, -0.15) is 0 Å². The van der Waals surface area contributed by atoms with Crippen molar-refractivity contribution < 1.29 is 5.11 Å². The second-order valence-electron chi connectivity index (χ2n) is 5.66. The Bertz CT molecular complexity index is 534. The first kappa shape index (κ1) is 12.7. The highest BCUT2D eigenvalue weighted by atomic mass is 16.3. The fourth-order valence-corrected chi connectivity index (χ4v) is 3.23. The molecule has 0 bridgehead atoms. The van der Waals surface area contributed by atoms with Gasteiger partial charge >= 0.3 is 0 Å². The number of hydrogen-bond donors (Lipinski definition) is 3. The van der Waals surface area contributed by atoms with Gasteiger partial charge in [0.1, 0.15) is 0 Å². The number of aromatic amines is 1. The van der Waals surface area contributed by atoms with E-state index < -0.39 is 0 Å². The molecule has 0 saturated heterocycles. The first-order chi connectivity index (χ1) is 9.36. The Hall–Kier alpha value is -1.32. The predicted molar refractivity (Wildman–Crippen MR) is 77.9 cm³/mol. The lowest BCUT2D eigenvalue weighted by atomic mass is 9.97. The first-order valence-corrected chi connectivity index (χ1v) is 7.24. The lowest BCUT2D eigenvalue weighted by Crippen LogP contribution is -2.26. The summed E-state index contributed by atoms with van der Waals surface area (Å²) in [5.74, 6) is 1.16. The largest absolute Gasteiger partial charge is 0.396 e. The minimum absolute atomic E-state index is 0.348. The van der Waals surface area contributed by atoms with E-state index in [4.69, 9.17) is 0 Å². The van der Waals surface area contributed by atoms with Crippen LogP contribution in [0.5, 0.6) is 0 Å². The zero-order valence-electron chi connectivity index (χ0n) is 11.2. The van der Waals surface area contributed by atoms with Gasteiger partial charge in [0.05, 0.1) is 0 Å². The normalized spacial score (nSPS) is 23.2. The summed E-state index contributed by atoms with van der Waals surface area (Å²) in [6, 6.07) is 8.65. The van der Waals surface area contributed by atoms with Crippen molar-refractivity contribution in [2.75, 3.05) is 13.2 Å². The van der Waals surface area contributed by atoms with E-state index in [-0.39, 0.29) is 0 Å². The minimum atomic E-state index is 0.348. The summed E-state index contributed by atoms with van der Waals surface area (Å²) in [6.45, 7) is 2.28. The second-order valence-corrected chi connectivity index (χ2v) is 5.66. The fourth-order valence-electron chi connectivity index (χ4n) is 3.23. The van der Waals surface area contributed by atoms with Crippen LogP contribution in [0.4, 0.5) is 0 Å². The summed E-state index contributed by atoms with van der Waals surface area (Å²) in [7, 11) is 0. The maximum atomic E-state index is 9.32. The summed E-state index contributed by atoms with van der Waals surface area (Å²) in [6.07, 6.45) is 5.70. The van der Waals surface area contributed by atoms with Crippen LogP contribution in [-0.2, 0) is 6.54 Å². The van der Waals surface area contributed by atoms with Crippen LogP contribution in [0.15, 0.2) is 30.5 Å². The maximum Gasteiger partial charge on any atom is 0.0462 e. The maximum absolute atomic E-state index is 9.32. The zero-order valence-corrected chi connectivity index (χ0v) is 11.2. The lowest BCUT2D eigenvalue weighted by Gasteiger charge is -2.17. The van der Waals surface area contributed by atoms with E-state index in [0.717, 1.165) is 13.1 Å². The molecule has 102 valence electrons. The summed E-state index contributed by atoms with van der Waals surface area (Å²) in [4.78, 5) is 3.25. The summed E-state index contributed by atoms with van der Waals surface area (Å²) >= 11 is 0. The molecule has 2 unspecified atom stereocenters. The Morgan fingerprint density at radius 2 is 2.11 bits per heavy atom. The van der Waals surface area contributed by atoms with Gasteiger partial charge < -0.3 is 15.4 Å². The van der Waals surface area contributed by atoms with E-state index in [1.54, 1.807) is 0 Å². The summed E-state index contributed by atoms with van der Waals surface area (Å²) in [5.41, 5.74) is 2.52. The number of rotatable bonds is 5. The van der Waals surface area contributed by atoms with Crippen molar-refractivity contribution in [3.05, 3.63) is 36.0 Å².